The van der Waals surface area contributed by atoms with E-state index in [1.54, 1.807) is 0 Å². The first-order valence-electron chi connectivity index (χ1n) is 4.37. The smallest absolute Gasteiger partial charge is 0.200 e. The van der Waals surface area contributed by atoms with Crippen molar-refractivity contribution in [2.75, 3.05) is 5.73 Å². The van der Waals surface area contributed by atoms with Crippen molar-refractivity contribution in [2.45, 2.75) is 0 Å². The predicted octanol–water partition coefficient (Wildman–Crippen LogP) is 2.80. The van der Waals surface area contributed by atoms with Gasteiger partial charge in [0, 0.05) is 0 Å². The number of halogens is 6. The highest BCUT2D eigenvalue weighted by molar-refractivity contribution is 6.32. The summed E-state index contributed by atoms with van der Waals surface area (Å²) in [6.45, 7) is 0. The van der Waals surface area contributed by atoms with Crippen LogP contribution in [0.1, 0.15) is 0 Å². The lowest BCUT2D eigenvalue weighted by Crippen LogP contribution is -2.10. The first-order chi connectivity index (χ1) is 8.34. The molecule has 0 atom stereocenters. The van der Waals surface area contributed by atoms with Crippen LogP contribution in [0.5, 0.6) is 0 Å². The van der Waals surface area contributed by atoms with Crippen molar-refractivity contribution in [1.82, 2.24) is 9.78 Å². The molecule has 0 bridgehead atoms. The number of nitrogen functional groups attached to an aromatic ring is 1. The van der Waals surface area contributed by atoms with Gasteiger partial charge in [-0.05, 0) is 0 Å². The van der Waals surface area contributed by atoms with Crippen molar-refractivity contribution in [2.24, 2.45) is 0 Å². The first-order valence-corrected chi connectivity index (χ1v) is 4.74. The van der Waals surface area contributed by atoms with Crippen LogP contribution in [-0.4, -0.2) is 9.78 Å². The number of aromatic nitrogens is 2. The van der Waals surface area contributed by atoms with Gasteiger partial charge in [-0.15, -0.1) is 5.10 Å². The summed E-state index contributed by atoms with van der Waals surface area (Å²) >= 11 is 5.48. The average Bonchev–Trinajstić information content (AvgIpc) is 2.64. The Bertz CT molecular complexity index is 591. The lowest BCUT2D eigenvalue weighted by molar-refractivity contribution is 0.374. The van der Waals surface area contributed by atoms with E-state index in [1.165, 1.54) is 0 Å². The topological polar surface area (TPSA) is 43.8 Å². The van der Waals surface area contributed by atoms with Gasteiger partial charge in [-0.1, -0.05) is 11.6 Å². The Kier molecular flexibility index (Phi) is 2.89. The van der Waals surface area contributed by atoms with Crippen LogP contribution in [0.15, 0.2) is 6.20 Å². The molecule has 0 amide bonds. The number of hydrogen-bond donors (Lipinski definition) is 1. The first kappa shape index (κ1) is 12.6. The van der Waals surface area contributed by atoms with Crippen LogP contribution in [-0.2, 0) is 0 Å². The van der Waals surface area contributed by atoms with E-state index in [-0.39, 0.29) is 10.8 Å². The minimum absolute atomic E-state index is 0.182. The molecule has 2 rings (SSSR count). The lowest BCUT2D eigenvalue weighted by atomic mass is 10.2. The Balaban J connectivity index is 2.79. The standard InChI is InChI=1S/C9H3ClF5N3/c10-2-1-18(17-9(2)16)8-6(14)4(12)3(11)5(13)7(8)15/h1H,(H2,16,17). The molecule has 2 aromatic rings. The maximum absolute atomic E-state index is 13.4. The lowest BCUT2D eigenvalue weighted by Gasteiger charge is -2.07. The Morgan fingerprint density at radius 2 is 1.39 bits per heavy atom. The zero-order valence-corrected chi connectivity index (χ0v) is 9.07. The van der Waals surface area contributed by atoms with Gasteiger partial charge in [0.1, 0.15) is 10.7 Å². The minimum Gasteiger partial charge on any atom is -0.381 e. The molecule has 0 aliphatic rings. The molecule has 9 heteroatoms. The second-order valence-electron chi connectivity index (χ2n) is 3.23. The van der Waals surface area contributed by atoms with Gasteiger partial charge in [-0.25, -0.2) is 26.6 Å². The van der Waals surface area contributed by atoms with Crippen LogP contribution in [0.2, 0.25) is 5.02 Å². The molecule has 0 aliphatic carbocycles. The summed E-state index contributed by atoms with van der Waals surface area (Å²) in [4.78, 5) is 0. The molecular weight excluding hydrogens is 281 g/mol. The van der Waals surface area contributed by atoms with Crippen LogP contribution in [0.4, 0.5) is 27.8 Å². The number of nitrogens with two attached hydrogens (primary N) is 1. The van der Waals surface area contributed by atoms with Gasteiger partial charge >= 0.3 is 0 Å². The van der Waals surface area contributed by atoms with Crippen molar-refractivity contribution < 1.29 is 22.0 Å². The van der Waals surface area contributed by atoms with Crippen molar-refractivity contribution in [1.29, 1.82) is 0 Å². The quantitative estimate of drug-likeness (QED) is 0.497. The Hall–Kier alpha value is -1.83. The molecule has 0 saturated carbocycles. The molecule has 0 aliphatic heterocycles. The summed E-state index contributed by atoms with van der Waals surface area (Å²) in [6, 6.07) is 0. The minimum atomic E-state index is -2.25. The number of hydrogen-bond acceptors (Lipinski definition) is 2. The molecule has 1 aromatic heterocycles. The zero-order valence-electron chi connectivity index (χ0n) is 8.32. The maximum atomic E-state index is 13.4. The highest BCUT2D eigenvalue weighted by Crippen LogP contribution is 2.27. The van der Waals surface area contributed by atoms with Gasteiger partial charge < -0.3 is 5.73 Å². The summed E-state index contributed by atoms with van der Waals surface area (Å²) in [5, 5.41) is 3.16. The number of rotatable bonds is 1. The number of nitrogens with zero attached hydrogens (tertiary/aromatic N) is 2. The summed E-state index contributed by atoms with van der Waals surface area (Å²) < 4.78 is 65.8. The third-order valence-corrected chi connectivity index (χ3v) is 2.40. The Morgan fingerprint density at radius 1 is 0.944 bits per heavy atom. The summed E-state index contributed by atoms with van der Waals surface area (Å²) in [7, 11) is 0. The SMILES string of the molecule is Nc1nn(-c2c(F)c(F)c(F)c(F)c2F)cc1Cl. The second-order valence-corrected chi connectivity index (χ2v) is 3.63. The van der Waals surface area contributed by atoms with E-state index < -0.39 is 34.8 Å². The van der Waals surface area contributed by atoms with Gasteiger partial charge in [0.05, 0.1) is 6.20 Å². The highest BCUT2D eigenvalue weighted by Gasteiger charge is 2.27. The third-order valence-electron chi connectivity index (χ3n) is 2.11. The molecule has 1 aromatic carbocycles. The number of benzene rings is 1. The van der Waals surface area contributed by atoms with Crippen molar-refractivity contribution in [3.8, 4) is 5.69 Å². The molecule has 1 heterocycles. The van der Waals surface area contributed by atoms with E-state index in [0.717, 1.165) is 6.20 Å². The monoisotopic (exact) mass is 283 g/mol. The number of anilines is 1. The van der Waals surface area contributed by atoms with E-state index in [9.17, 15) is 22.0 Å². The van der Waals surface area contributed by atoms with E-state index in [0.29, 0.717) is 4.68 Å². The fourth-order valence-electron chi connectivity index (χ4n) is 1.28. The van der Waals surface area contributed by atoms with Crippen LogP contribution >= 0.6 is 11.6 Å². The average molecular weight is 284 g/mol. The van der Waals surface area contributed by atoms with Crippen molar-refractivity contribution >= 4 is 17.4 Å². The molecule has 0 spiro atoms. The van der Waals surface area contributed by atoms with Crippen LogP contribution in [0.3, 0.4) is 0 Å². The molecule has 3 nitrogen and oxygen atoms in total. The van der Waals surface area contributed by atoms with Gasteiger partial charge in [0.2, 0.25) is 5.82 Å². The van der Waals surface area contributed by atoms with Crippen molar-refractivity contribution in [3.05, 3.63) is 40.3 Å². The summed E-state index contributed by atoms with van der Waals surface area (Å²) in [5.74, 6) is -10.8. The molecule has 0 saturated heterocycles. The van der Waals surface area contributed by atoms with E-state index >= 15 is 0 Å². The molecule has 2 N–H and O–H groups in total. The normalized spacial score (nSPS) is 11.0. The zero-order chi connectivity index (χ0) is 13.6. The maximum Gasteiger partial charge on any atom is 0.200 e. The van der Waals surface area contributed by atoms with E-state index in [4.69, 9.17) is 17.3 Å². The van der Waals surface area contributed by atoms with Crippen LogP contribution in [0, 0.1) is 29.1 Å². The third kappa shape index (κ3) is 1.69. The molecule has 96 valence electrons. The van der Waals surface area contributed by atoms with Gasteiger partial charge in [-0.2, -0.15) is 0 Å². The van der Waals surface area contributed by atoms with Gasteiger partial charge in [0.25, 0.3) is 0 Å². The van der Waals surface area contributed by atoms with Crippen LogP contribution < -0.4 is 5.73 Å². The molecule has 18 heavy (non-hydrogen) atoms. The highest BCUT2D eigenvalue weighted by atomic mass is 35.5. The Morgan fingerprint density at radius 3 is 1.78 bits per heavy atom. The largest absolute Gasteiger partial charge is 0.381 e. The fourth-order valence-corrected chi connectivity index (χ4v) is 1.41. The Labute approximate surface area is 102 Å². The molecule has 0 fully saturated rings. The fraction of sp³-hybridized carbons (Fsp3) is 0. The van der Waals surface area contributed by atoms with E-state index in [1.807, 2.05) is 0 Å². The summed E-state index contributed by atoms with van der Waals surface area (Å²) in [6.07, 6.45) is 0.829. The van der Waals surface area contributed by atoms with Crippen LogP contribution in [0.25, 0.3) is 5.69 Å². The molecule has 0 radical (unpaired) electrons. The molecule has 0 unspecified atom stereocenters. The second kappa shape index (κ2) is 4.13. The molecular formula is C9H3ClF5N3. The van der Waals surface area contributed by atoms with Gasteiger partial charge in [0.15, 0.2) is 29.1 Å². The van der Waals surface area contributed by atoms with E-state index in [2.05, 4.69) is 5.10 Å². The van der Waals surface area contributed by atoms with Gasteiger partial charge in [-0.3, -0.25) is 0 Å². The van der Waals surface area contributed by atoms with Crippen molar-refractivity contribution in [3.63, 3.8) is 0 Å². The summed E-state index contributed by atoms with van der Waals surface area (Å²) in [5.41, 5.74) is 3.97. The predicted molar refractivity (Wildman–Crippen MR) is 52.8 cm³/mol.